The van der Waals surface area contributed by atoms with Crippen molar-refractivity contribution in [2.45, 2.75) is 37.4 Å². The normalized spacial score (nSPS) is 14.3. The molecule has 0 aliphatic heterocycles. The molecular formula is C22H20F6O. The third-order valence-electron chi connectivity index (χ3n) is 4.33. The Hall–Kier alpha value is -2.54. The Labute approximate surface area is 165 Å². The van der Waals surface area contributed by atoms with E-state index in [0.29, 0.717) is 11.1 Å². The molecular weight excluding hydrogens is 394 g/mol. The van der Waals surface area contributed by atoms with E-state index in [2.05, 4.69) is 17.9 Å². The van der Waals surface area contributed by atoms with Crippen LogP contribution in [0.15, 0.2) is 61.7 Å². The van der Waals surface area contributed by atoms with Gasteiger partial charge in [0.05, 0.1) is 0 Å². The minimum atomic E-state index is -4.95. The van der Waals surface area contributed by atoms with Gasteiger partial charge < -0.3 is 4.74 Å². The van der Waals surface area contributed by atoms with Gasteiger partial charge in [0.25, 0.3) is 0 Å². The fourth-order valence-corrected chi connectivity index (χ4v) is 2.69. The van der Waals surface area contributed by atoms with Crippen molar-refractivity contribution in [3.63, 3.8) is 0 Å². The van der Waals surface area contributed by atoms with E-state index in [9.17, 15) is 26.3 Å². The molecule has 2 aromatic rings. The number of rotatable bonds is 8. The predicted octanol–water partition coefficient (Wildman–Crippen LogP) is 6.64. The van der Waals surface area contributed by atoms with Crippen LogP contribution in [0, 0.1) is 0 Å². The minimum absolute atomic E-state index is 0.217. The van der Waals surface area contributed by atoms with Gasteiger partial charge in [0.1, 0.15) is 0 Å². The Bertz CT molecular complexity index is 734. The second-order valence-electron chi connectivity index (χ2n) is 6.50. The van der Waals surface area contributed by atoms with Crippen LogP contribution in [0.4, 0.5) is 26.3 Å². The van der Waals surface area contributed by atoms with Crippen molar-refractivity contribution in [2.75, 3.05) is 0 Å². The fourth-order valence-electron chi connectivity index (χ4n) is 2.69. The van der Waals surface area contributed by atoms with Gasteiger partial charge in [0.15, 0.2) is 12.2 Å². The van der Waals surface area contributed by atoms with Crippen LogP contribution in [0.25, 0.3) is 12.2 Å². The molecule has 0 aliphatic rings. The maximum absolute atomic E-state index is 13.4. The number of hydrogen-bond acceptors (Lipinski definition) is 1. The van der Waals surface area contributed by atoms with Gasteiger partial charge in [-0.15, -0.1) is 0 Å². The number of alkyl halides is 6. The zero-order chi connectivity index (χ0) is 21.7. The lowest BCUT2D eigenvalue weighted by Gasteiger charge is -2.28. The lowest BCUT2D eigenvalue weighted by Crippen LogP contribution is -2.43. The first-order valence-electron chi connectivity index (χ1n) is 8.74. The summed E-state index contributed by atoms with van der Waals surface area (Å²) in [7, 11) is 0. The Morgan fingerprint density at radius 2 is 0.966 bits per heavy atom. The number of halogens is 6. The summed E-state index contributed by atoms with van der Waals surface area (Å²) in [5.74, 6) is 0. The van der Waals surface area contributed by atoms with Crippen LogP contribution in [-0.4, -0.2) is 24.6 Å². The van der Waals surface area contributed by atoms with E-state index in [-0.39, 0.29) is 11.1 Å². The van der Waals surface area contributed by atoms with Gasteiger partial charge in [0.2, 0.25) is 0 Å². The summed E-state index contributed by atoms with van der Waals surface area (Å²) in [6.45, 7) is 7.09. The Kier molecular flexibility index (Phi) is 7.30. The van der Waals surface area contributed by atoms with E-state index >= 15 is 0 Å². The minimum Gasteiger partial charge on any atom is -0.355 e. The van der Waals surface area contributed by atoms with Crippen LogP contribution in [0.3, 0.4) is 0 Å². The van der Waals surface area contributed by atoms with Gasteiger partial charge in [-0.05, 0) is 22.3 Å². The van der Waals surface area contributed by atoms with Gasteiger partial charge in [0, 0.05) is 12.8 Å². The summed E-state index contributed by atoms with van der Waals surface area (Å²) in [4.78, 5) is 0. The smallest absolute Gasteiger partial charge is 0.355 e. The molecule has 0 radical (unpaired) electrons. The molecule has 0 aliphatic carbocycles. The summed E-state index contributed by atoms with van der Waals surface area (Å²) in [5, 5.41) is 0. The monoisotopic (exact) mass is 414 g/mol. The molecule has 2 atom stereocenters. The zero-order valence-corrected chi connectivity index (χ0v) is 15.4. The second-order valence-corrected chi connectivity index (χ2v) is 6.50. The first kappa shape index (κ1) is 22.7. The Morgan fingerprint density at radius 3 is 1.21 bits per heavy atom. The van der Waals surface area contributed by atoms with Gasteiger partial charge in [-0.25, -0.2) is 0 Å². The molecule has 29 heavy (non-hydrogen) atoms. The molecule has 0 aromatic heterocycles. The molecule has 0 saturated carbocycles. The Balaban J connectivity index is 2.22. The van der Waals surface area contributed by atoms with Crippen LogP contribution in [0.1, 0.15) is 22.3 Å². The summed E-state index contributed by atoms with van der Waals surface area (Å²) in [6, 6.07) is 11.8. The van der Waals surface area contributed by atoms with Crippen molar-refractivity contribution in [2.24, 2.45) is 0 Å². The summed E-state index contributed by atoms with van der Waals surface area (Å²) < 4.78 is 85.1. The molecule has 2 aromatic carbocycles. The predicted molar refractivity (Wildman–Crippen MR) is 101 cm³/mol. The van der Waals surface area contributed by atoms with Crippen LogP contribution >= 0.6 is 0 Å². The van der Waals surface area contributed by atoms with E-state index in [4.69, 9.17) is 0 Å². The first-order chi connectivity index (χ1) is 13.5. The van der Waals surface area contributed by atoms with E-state index < -0.39 is 37.4 Å². The van der Waals surface area contributed by atoms with Crippen LogP contribution in [0.2, 0.25) is 0 Å². The Morgan fingerprint density at radius 1 is 0.655 bits per heavy atom. The highest BCUT2D eigenvalue weighted by molar-refractivity contribution is 5.47. The van der Waals surface area contributed by atoms with Crippen molar-refractivity contribution < 1.29 is 31.1 Å². The third-order valence-corrected chi connectivity index (χ3v) is 4.33. The van der Waals surface area contributed by atoms with E-state index in [0.717, 1.165) is 0 Å². The molecule has 0 spiro atoms. The summed E-state index contributed by atoms with van der Waals surface area (Å²) in [6.07, 6.45) is -13.5. The number of benzene rings is 2. The average Bonchev–Trinajstić information content (AvgIpc) is 2.66. The SMILES string of the molecule is C=Cc1ccc(CC(OC(Cc2ccc(C=C)cc2)C(F)(F)F)C(F)(F)F)cc1. The molecule has 1 nitrogen and oxygen atoms in total. The first-order valence-corrected chi connectivity index (χ1v) is 8.74. The zero-order valence-electron chi connectivity index (χ0n) is 15.4. The molecule has 2 unspecified atom stereocenters. The van der Waals surface area contributed by atoms with Crippen molar-refractivity contribution in [3.05, 3.63) is 83.9 Å². The van der Waals surface area contributed by atoms with Crippen LogP contribution < -0.4 is 0 Å². The van der Waals surface area contributed by atoms with Crippen LogP contribution in [0.5, 0.6) is 0 Å². The van der Waals surface area contributed by atoms with Crippen molar-refractivity contribution in [1.82, 2.24) is 0 Å². The lowest BCUT2D eigenvalue weighted by atomic mass is 10.0. The largest absolute Gasteiger partial charge is 0.414 e. The summed E-state index contributed by atoms with van der Waals surface area (Å²) >= 11 is 0. The molecule has 0 heterocycles. The standard InChI is InChI=1S/C22H20F6O/c1-3-15-5-9-17(10-6-15)13-19(21(23,24)25)29-20(22(26,27)28)14-18-11-7-16(4-2)8-12-18/h3-12,19-20H,1-2,13-14H2. The third kappa shape index (κ3) is 6.78. The highest BCUT2D eigenvalue weighted by atomic mass is 19.4. The highest BCUT2D eigenvalue weighted by Gasteiger charge is 2.48. The number of ether oxygens (including phenoxy) is 1. The topological polar surface area (TPSA) is 9.23 Å². The molecule has 0 bridgehead atoms. The van der Waals surface area contributed by atoms with Gasteiger partial charge in [-0.2, -0.15) is 26.3 Å². The molecule has 0 saturated heterocycles. The van der Waals surface area contributed by atoms with Crippen molar-refractivity contribution in [1.29, 1.82) is 0 Å². The fraction of sp³-hybridized carbons (Fsp3) is 0.273. The van der Waals surface area contributed by atoms with Gasteiger partial charge in [-0.1, -0.05) is 73.8 Å². The van der Waals surface area contributed by atoms with E-state index in [1.165, 1.54) is 60.7 Å². The van der Waals surface area contributed by atoms with E-state index in [1.807, 2.05) is 0 Å². The molecule has 156 valence electrons. The van der Waals surface area contributed by atoms with Gasteiger partial charge >= 0.3 is 12.4 Å². The maximum atomic E-state index is 13.4. The quantitative estimate of drug-likeness (QED) is 0.440. The highest BCUT2D eigenvalue weighted by Crippen LogP contribution is 2.33. The molecule has 0 amide bonds. The molecule has 2 rings (SSSR count). The maximum Gasteiger partial charge on any atom is 0.414 e. The molecule has 0 N–H and O–H groups in total. The summed E-state index contributed by atoms with van der Waals surface area (Å²) in [5.41, 5.74) is 1.81. The van der Waals surface area contributed by atoms with Crippen molar-refractivity contribution >= 4 is 12.2 Å². The number of hydrogen-bond donors (Lipinski definition) is 0. The van der Waals surface area contributed by atoms with E-state index in [1.54, 1.807) is 0 Å². The lowest BCUT2D eigenvalue weighted by molar-refractivity contribution is -0.285. The average molecular weight is 414 g/mol. The van der Waals surface area contributed by atoms with Crippen molar-refractivity contribution in [3.8, 4) is 0 Å². The second kappa shape index (κ2) is 9.31. The van der Waals surface area contributed by atoms with Gasteiger partial charge in [-0.3, -0.25) is 0 Å². The molecule has 0 fully saturated rings. The van der Waals surface area contributed by atoms with Crippen LogP contribution in [-0.2, 0) is 17.6 Å². The molecule has 7 heteroatoms.